The molecule has 0 aliphatic carbocycles. The van der Waals surface area contributed by atoms with Crippen molar-refractivity contribution in [3.05, 3.63) is 70.9 Å². The number of urea groups is 1. The Morgan fingerprint density at radius 3 is 2.30 bits per heavy atom. The smallest absolute Gasteiger partial charge is 0.319 e. The quantitative estimate of drug-likeness (QED) is 0.178. The fraction of sp³-hybridized carbons (Fsp3) is 0.429. The standard InChI is InChI=1S/C28H32F4N6O5S/c1-35(2)28(40)36-12-13-38(20(15-36)27(39)34-43-16-17-6-4-3-5-7-17)44(41,42)37-10-8-18(9-11-37)19-14-33-26-21(19)22(29)23(30)24(31)25(26)32/h3-7,14,18,20,33H,8-13,15-16H2,1-2H3,(H,34,39). The Morgan fingerprint density at radius 2 is 1.64 bits per heavy atom. The Kier molecular flexibility index (Phi) is 9.15. The molecular weight excluding hydrogens is 608 g/mol. The normalized spacial score (nSPS) is 19.0. The van der Waals surface area contributed by atoms with Crippen LogP contribution < -0.4 is 5.48 Å². The molecule has 2 aromatic carbocycles. The Balaban J connectivity index is 1.31. The number of fused-ring (bicyclic) bond motifs is 1. The lowest BCUT2D eigenvalue weighted by Crippen LogP contribution is -2.64. The lowest BCUT2D eigenvalue weighted by Gasteiger charge is -2.43. The molecule has 5 rings (SSSR count). The summed E-state index contributed by atoms with van der Waals surface area (Å²) in [5, 5.41) is -0.406. The van der Waals surface area contributed by atoms with Crippen LogP contribution in [0.1, 0.15) is 29.9 Å². The first-order valence-electron chi connectivity index (χ1n) is 13.9. The molecule has 2 N–H and O–H groups in total. The number of piperidine rings is 1. The van der Waals surface area contributed by atoms with E-state index in [9.17, 15) is 35.6 Å². The zero-order valence-corrected chi connectivity index (χ0v) is 24.8. The van der Waals surface area contributed by atoms with E-state index in [1.54, 1.807) is 38.4 Å². The maximum absolute atomic E-state index is 14.6. The van der Waals surface area contributed by atoms with Gasteiger partial charge in [0.1, 0.15) is 6.04 Å². The minimum Gasteiger partial charge on any atom is -0.358 e. The first kappa shape index (κ1) is 31.7. The molecule has 1 aromatic heterocycles. The highest BCUT2D eigenvalue weighted by molar-refractivity contribution is 7.86. The number of hydrogen-bond donors (Lipinski definition) is 2. The van der Waals surface area contributed by atoms with Crippen molar-refractivity contribution in [3.63, 3.8) is 0 Å². The Bertz CT molecular complexity index is 1650. The number of carbonyl (C=O) groups excluding carboxylic acids is 2. The van der Waals surface area contributed by atoms with E-state index in [4.69, 9.17) is 4.84 Å². The van der Waals surface area contributed by atoms with Crippen LogP contribution in [0.3, 0.4) is 0 Å². The van der Waals surface area contributed by atoms with Crippen molar-refractivity contribution in [3.8, 4) is 0 Å². The third-order valence-corrected chi connectivity index (χ3v) is 10.0. The van der Waals surface area contributed by atoms with E-state index in [1.807, 2.05) is 6.07 Å². The molecule has 44 heavy (non-hydrogen) atoms. The number of nitrogens with one attached hydrogen (secondary N) is 2. The minimum absolute atomic E-state index is 0.0365. The number of hydroxylamine groups is 1. The minimum atomic E-state index is -4.24. The van der Waals surface area contributed by atoms with Crippen molar-refractivity contribution in [2.75, 3.05) is 46.8 Å². The van der Waals surface area contributed by atoms with Crippen molar-refractivity contribution in [2.24, 2.45) is 0 Å². The number of rotatable bonds is 7. The van der Waals surface area contributed by atoms with Gasteiger partial charge in [-0.15, -0.1) is 0 Å². The van der Waals surface area contributed by atoms with Crippen LogP contribution in [0.2, 0.25) is 0 Å². The van der Waals surface area contributed by atoms with Gasteiger partial charge in [-0.3, -0.25) is 9.63 Å². The second-order valence-corrected chi connectivity index (χ2v) is 12.8. The van der Waals surface area contributed by atoms with E-state index >= 15 is 0 Å². The van der Waals surface area contributed by atoms with Crippen LogP contribution in [0.5, 0.6) is 0 Å². The molecular formula is C28H32F4N6O5S. The summed E-state index contributed by atoms with van der Waals surface area (Å²) in [4.78, 5) is 36.5. The predicted molar refractivity (Wildman–Crippen MR) is 151 cm³/mol. The molecule has 3 aromatic rings. The summed E-state index contributed by atoms with van der Waals surface area (Å²) in [6.45, 7) is -0.364. The van der Waals surface area contributed by atoms with Crippen molar-refractivity contribution >= 4 is 33.1 Å². The number of piperazine rings is 1. The molecule has 3 heterocycles. The monoisotopic (exact) mass is 640 g/mol. The first-order chi connectivity index (χ1) is 20.9. The molecule has 0 radical (unpaired) electrons. The van der Waals surface area contributed by atoms with Crippen LogP contribution in [0.4, 0.5) is 22.4 Å². The maximum Gasteiger partial charge on any atom is 0.319 e. The molecule has 0 bridgehead atoms. The fourth-order valence-corrected chi connectivity index (χ4v) is 7.44. The second kappa shape index (κ2) is 12.7. The molecule has 1 atom stereocenters. The van der Waals surface area contributed by atoms with Crippen LogP contribution in [0.25, 0.3) is 10.9 Å². The molecule has 238 valence electrons. The first-order valence-corrected chi connectivity index (χ1v) is 15.3. The van der Waals surface area contributed by atoms with Crippen molar-refractivity contribution in [1.29, 1.82) is 0 Å². The fourth-order valence-electron chi connectivity index (χ4n) is 5.67. The van der Waals surface area contributed by atoms with Crippen LogP contribution in [-0.4, -0.2) is 96.6 Å². The molecule has 2 saturated heterocycles. The van der Waals surface area contributed by atoms with Crippen molar-refractivity contribution in [2.45, 2.75) is 31.4 Å². The lowest BCUT2D eigenvalue weighted by molar-refractivity contribution is -0.140. The summed E-state index contributed by atoms with van der Waals surface area (Å²) >= 11 is 0. The van der Waals surface area contributed by atoms with E-state index < -0.39 is 62.2 Å². The zero-order valence-electron chi connectivity index (χ0n) is 24.0. The predicted octanol–water partition coefficient (Wildman–Crippen LogP) is 3.06. The molecule has 2 aliphatic heterocycles. The number of halogens is 4. The molecule has 0 saturated carbocycles. The molecule has 1 unspecified atom stereocenters. The number of carbonyl (C=O) groups is 2. The summed E-state index contributed by atoms with van der Waals surface area (Å²) in [7, 11) is -1.14. The third-order valence-electron chi connectivity index (χ3n) is 7.99. The van der Waals surface area contributed by atoms with Gasteiger partial charge in [0.25, 0.3) is 16.1 Å². The van der Waals surface area contributed by atoms with Gasteiger partial charge < -0.3 is 14.8 Å². The summed E-state index contributed by atoms with van der Waals surface area (Å²) in [5.74, 6) is -8.11. The highest BCUT2D eigenvalue weighted by Gasteiger charge is 2.44. The van der Waals surface area contributed by atoms with Gasteiger partial charge in [0.2, 0.25) is 0 Å². The topological polar surface area (TPSA) is 118 Å². The van der Waals surface area contributed by atoms with Crippen LogP contribution in [0.15, 0.2) is 36.5 Å². The summed E-state index contributed by atoms with van der Waals surface area (Å²) in [6, 6.07) is 7.33. The van der Waals surface area contributed by atoms with Gasteiger partial charge in [-0.05, 0) is 29.9 Å². The number of amides is 3. The van der Waals surface area contributed by atoms with Gasteiger partial charge in [0, 0.05) is 58.4 Å². The van der Waals surface area contributed by atoms with Crippen molar-refractivity contribution in [1.82, 2.24) is 28.9 Å². The van der Waals surface area contributed by atoms with Gasteiger partial charge >= 0.3 is 6.03 Å². The van der Waals surface area contributed by atoms with Gasteiger partial charge in [-0.2, -0.15) is 17.0 Å². The highest BCUT2D eigenvalue weighted by Crippen LogP contribution is 2.38. The van der Waals surface area contributed by atoms with Gasteiger partial charge in [0.15, 0.2) is 23.3 Å². The zero-order chi connectivity index (χ0) is 31.8. The molecule has 2 aliphatic rings. The molecule has 0 spiro atoms. The number of H-pyrrole nitrogens is 1. The summed E-state index contributed by atoms with van der Waals surface area (Å²) in [5.41, 5.74) is 2.81. The number of aromatic amines is 1. The summed E-state index contributed by atoms with van der Waals surface area (Å²) < 4.78 is 86.6. The van der Waals surface area contributed by atoms with E-state index in [1.165, 1.54) is 20.3 Å². The molecule has 3 amide bonds. The van der Waals surface area contributed by atoms with Gasteiger partial charge in [0.05, 0.1) is 12.1 Å². The van der Waals surface area contributed by atoms with E-state index in [2.05, 4.69) is 10.5 Å². The lowest BCUT2D eigenvalue weighted by atomic mass is 9.90. The Hall–Kier alpha value is -3.73. The van der Waals surface area contributed by atoms with Crippen LogP contribution >= 0.6 is 0 Å². The van der Waals surface area contributed by atoms with Gasteiger partial charge in [-0.25, -0.2) is 27.8 Å². The van der Waals surface area contributed by atoms with Gasteiger partial charge in [-0.1, -0.05) is 30.3 Å². The summed E-state index contributed by atoms with van der Waals surface area (Å²) in [6.07, 6.45) is 1.62. The highest BCUT2D eigenvalue weighted by atomic mass is 32.2. The largest absolute Gasteiger partial charge is 0.358 e. The number of hydrogen-bond acceptors (Lipinski definition) is 5. The number of nitrogens with zero attached hydrogens (tertiary/aromatic N) is 4. The average Bonchev–Trinajstić information content (AvgIpc) is 3.48. The van der Waals surface area contributed by atoms with E-state index in [0.29, 0.717) is 0 Å². The van der Waals surface area contributed by atoms with E-state index in [-0.39, 0.29) is 63.8 Å². The second-order valence-electron chi connectivity index (χ2n) is 10.9. The molecule has 16 heteroatoms. The van der Waals surface area contributed by atoms with Crippen molar-refractivity contribution < 1.29 is 40.4 Å². The molecule has 2 fully saturated rings. The maximum atomic E-state index is 14.6. The average molecular weight is 641 g/mol. The molecule has 11 nitrogen and oxygen atoms in total. The Labute approximate surface area is 251 Å². The van der Waals surface area contributed by atoms with Crippen LogP contribution in [0, 0.1) is 23.3 Å². The number of benzene rings is 2. The number of aromatic nitrogens is 1. The van der Waals surface area contributed by atoms with Crippen LogP contribution in [-0.2, 0) is 26.4 Å². The SMILES string of the molecule is CN(C)C(=O)N1CCN(S(=O)(=O)N2CCC(c3c[nH]c4c(F)c(F)c(F)c(F)c34)CC2)C(C(=O)NOCc2ccccc2)C1. The Morgan fingerprint density at radius 1 is 0.977 bits per heavy atom. The third kappa shape index (κ3) is 5.98. The van der Waals surface area contributed by atoms with E-state index in [0.717, 1.165) is 9.87 Å².